The first kappa shape index (κ1) is 13.7. The Morgan fingerprint density at radius 2 is 1.96 bits per heavy atom. The number of pyridine rings is 1. The van der Waals surface area contributed by atoms with E-state index in [1.54, 1.807) is 19.1 Å². The van der Waals surface area contributed by atoms with Crippen LogP contribution < -0.4 is 0 Å². The van der Waals surface area contributed by atoms with Crippen molar-refractivity contribution in [3.05, 3.63) is 41.7 Å². The van der Waals surface area contributed by atoms with Crippen molar-refractivity contribution in [1.82, 2.24) is 30.2 Å². The van der Waals surface area contributed by atoms with E-state index in [0.717, 1.165) is 12.1 Å². The first-order valence-corrected chi connectivity index (χ1v) is 6.67. The molecule has 1 aromatic carbocycles. The van der Waals surface area contributed by atoms with E-state index in [4.69, 9.17) is 0 Å². The molecule has 116 valence electrons. The second-order valence-corrected chi connectivity index (χ2v) is 5.13. The van der Waals surface area contributed by atoms with Crippen LogP contribution in [0.25, 0.3) is 27.7 Å². The van der Waals surface area contributed by atoms with Crippen LogP contribution in [0.1, 0.15) is 11.3 Å². The van der Waals surface area contributed by atoms with E-state index in [1.165, 1.54) is 10.7 Å². The minimum Gasteiger partial charge on any atom is -0.278 e. The summed E-state index contributed by atoms with van der Waals surface area (Å²) in [7, 11) is 0. The second kappa shape index (κ2) is 4.51. The molecular formula is C14H9F3N6. The maximum atomic E-state index is 13.1. The number of hydrogen-bond donors (Lipinski definition) is 1. The molecule has 0 amide bonds. The first-order chi connectivity index (χ1) is 10.9. The van der Waals surface area contributed by atoms with Crippen molar-refractivity contribution in [3.8, 4) is 11.1 Å². The summed E-state index contributed by atoms with van der Waals surface area (Å²) in [5.74, 6) is 0. The minimum absolute atomic E-state index is 0.325. The zero-order valence-corrected chi connectivity index (χ0v) is 11.8. The van der Waals surface area contributed by atoms with Crippen LogP contribution in [0.15, 0.2) is 30.5 Å². The quantitative estimate of drug-likeness (QED) is 0.585. The fourth-order valence-electron chi connectivity index (χ4n) is 2.65. The lowest BCUT2D eigenvalue weighted by atomic mass is 9.98. The maximum absolute atomic E-state index is 13.1. The number of fused-ring (bicyclic) bond motifs is 2. The number of alkyl halides is 3. The SMILES string of the molecule is Cc1c(-c2cc(C(F)(F)F)cc3[nH]ncc23)ccc2nnnn12. The van der Waals surface area contributed by atoms with Crippen LogP contribution in [0.3, 0.4) is 0 Å². The normalized spacial score (nSPS) is 12.3. The molecule has 0 saturated carbocycles. The molecule has 0 aliphatic heterocycles. The maximum Gasteiger partial charge on any atom is 0.416 e. The Hall–Kier alpha value is -2.97. The number of tetrazole rings is 1. The van der Waals surface area contributed by atoms with Gasteiger partial charge in [-0.05, 0) is 47.2 Å². The molecule has 0 fully saturated rings. The van der Waals surface area contributed by atoms with Crippen LogP contribution >= 0.6 is 0 Å². The number of nitrogens with one attached hydrogen (secondary N) is 1. The van der Waals surface area contributed by atoms with Gasteiger partial charge in [0.25, 0.3) is 0 Å². The number of H-pyrrole nitrogens is 1. The lowest BCUT2D eigenvalue weighted by Crippen LogP contribution is -2.05. The molecule has 0 atom stereocenters. The summed E-state index contributed by atoms with van der Waals surface area (Å²) in [6, 6.07) is 5.55. The number of aryl methyl sites for hydroxylation is 1. The van der Waals surface area contributed by atoms with E-state index in [2.05, 4.69) is 25.7 Å². The van der Waals surface area contributed by atoms with Gasteiger partial charge in [-0.2, -0.15) is 22.8 Å². The third-order valence-corrected chi connectivity index (χ3v) is 3.78. The van der Waals surface area contributed by atoms with Gasteiger partial charge in [0.1, 0.15) is 0 Å². The van der Waals surface area contributed by atoms with Crippen molar-refractivity contribution in [2.24, 2.45) is 0 Å². The Kier molecular flexibility index (Phi) is 2.68. The van der Waals surface area contributed by atoms with Gasteiger partial charge < -0.3 is 0 Å². The molecule has 4 aromatic rings. The monoisotopic (exact) mass is 318 g/mol. The van der Waals surface area contributed by atoms with E-state index >= 15 is 0 Å². The van der Waals surface area contributed by atoms with Crippen LogP contribution in [-0.2, 0) is 6.18 Å². The number of hydrogen-bond acceptors (Lipinski definition) is 4. The fourth-order valence-corrected chi connectivity index (χ4v) is 2.65. The molecule has 9 heteroatoms. The summed E-state index contributed by atoms with van der Waals surface area (Å²) >= 11 is 0. The lowest BCUT2D eigenvalue weighted by Gasteiger charge is -2.12. The van der Waals surface area contributed by atoms with E-state index in [1.807, 2.05) is 0 Å². The molecule has 4 rings (SSSR count). The summed E-state index contributed by atoms with van der Waals surface area (Å²) in [4.78, 5) is 0. The molecule has 0 spiro atoms. The predicted molar refractivity (Wildman–Crippen MR) is 75.6 cm³/mol. The zero-order valence-electron chi connectivity index (χ0n) is 11.8. The molecular weight excluding hydrogens is 309 g/mol. The summed E-state index contributed by atoms with van der Waals surface area (Å²) in [5, 5.41) is 18.3. The van der Waals surface area contributed by atoms with Gasteiger partial charge >= 0.3 is 6.18 Å². The molecule has 0 aliphatic carbocycles. The Morgan fingerprint density at radius 3 is 2.74 bits per heavy atom. The van der Waals surface area contributed by atoms with Crippen molar-refractivity contribution in [2.75, 3.05) is 0 Å². The van der Waals surface area contributed by atoms with Crippen LogP contribution in [0.2, 0.25) is 0 Å². The fraction of sp³-hybridized carbons (Fsp3) is 0.143. The summed E-state index contributed by atoms with van der Waals surface area (Å²) in [6.07, 6.45) is -2.94. The predicted octanol–water partition coefficient (Wildman–Crippen LogP) is 2.99. The van der Waals surface area contributed by atoms with Crippen LogP contribution in [0, 0.1) is 6.92 Å². The van der Waals surface area contributed by atoms with Gasteiger partial charge in [-0.1, -0.05) is 0 Å². The van der Waals surface area contributed by atoms with E-state index < -0.39 is 11.7 Å². The van der Waals surface area contributed by atoms with Gasteiger partial charge in [0.2, 0.25) is 0 Å². The van der Waals surface area contributed by atoms with Crippen molar-refractivity contribution in [2.45, 2.75) is 13.1 Å². The molecule has 1 N–H and O–H groups in total. The van der Waals surface area contributed by atoms with E-state index in [-0.39, 0.29) is 0 Å². The largest absolute Gasteiger partial charge is 0.416 e. The number of aromatic nitrogens is 6. The number of aromatic amines is 1. The molecule has 3 heterocycles. The third kappa shape index (κ3) is 2.04. The highest BCUT2D eigenvalue weighted by molar-refractivity contribution is 5.95. The zero-order chi connectivity index (χ0) is 16.2. The number of rotatable bonds is 1. The molecule has 0 unspecified atom stereocenters. The molecule has 0 aliphatic rings. The van der Waals surface area contributed by atoms with Gasteiger partial charge in [0, 0.05) is 10.9 Å². The van der Waals surface area contributed by atoms with Gasteiger partial charge in [0.05, 0.1) is 23.0 Å². The van der Waals surface area contributed by atoms with Gasteiger partial charge in [0.15, 0.2) is 5.65 Å². The Bertz CT molecular complexity index is 1030. The van der Waals surface area contributed by atoms with Crippen molar-refractivity contribution in [3.63, 3.8) is 0 Å². The third-order valence-electron chi connectivity index (χ3n) is 3.78. The van der Waals surface area contributed by atoms with Crippen LogP contribution in [0.4, 0.5) is 13.2 Å². The molecule has 0 radical (unpaired) electrons. The van der Waals surface area contributed by atoms with Crippen molar-refractivity contribution in [1.29, 1.82) is 0 Å². The molecule has 0 saturated heterocycles. The highest BCUT2D eigenvalue weighted by Gasteiger charge is 2.32. The highest BCUT2D eigenvalue weighted by Crippen LogP contribution is 2.37. The van der Waals surface area contributed by atoms with Crippen molar-refractivity contribution >= 4 is 16.6 Å². The topological polar surface area (TPSA) is 71.8 Å². The molecule has 0 bridgehead atoms. The van der Waals surface area contributed by atoms with Crippen LogP contribution in [-0.4, -0.2) is 30.2 Å². The van der Waals surface area contributed by atoms with Gasteiger partial charge in [-0.3, -0.25) is 5.10 Å². The first-order valence-electron chi connectivity index (χ1n) is 6.67. The van der Waals surface area contributed by atoms with E-state index in [0.29, 0.717) is 33.4 Å². The molecule has 3 aromatic heterocycles. The molecule has 23 heavy (non-hydrogen) atoms. The number of nitrogens with zero attached hydrogens (tertiary/aromatic N) is 5. The summed E-state index contributed by atoms with van der Waals surface area (Å²) < 4.78 is 40.9. The van der Waals surface area contributed by atoms with Crippen LogP contribution in [0.5, 0.6) is 0 Å². The van der Waals surface area contributed by atoms with Gasteiger partial charge in [-0.15, -0.1) is 5.10 Å². The lowest BCUT2D eigenvalue weighted by molar-refractivity contribution is -0.137. The Morgan fingerprint density at radius 1 is 1.13 bits per heavy atom. The number of benzene rings is 1. The van der Waals surface area contributed by atoms with Gasteiger partial charge in [-0.25, -0.2) is 0 Å². The summed E-state index contributed by atoms with van der Waals surface area (Å²) in [6.45, 7) is 1.75. The van der Waals surface area contributed by atoms with Crippen molar-refractivity contribution < 1.29 is 13.2 Å². The minimum atomic E-state index is -4.44. The smallest absolute Gasteiger partial charge is 0.278 e. The number of halogens is 3. The highest BCUT2D eigenvalue weighted by atomic mass is 19.4. The Balaban J connectivity index is 2.06. The average Bonchev–Trinajstić information content (AvgIpc) is 3.14. The summed E-state index contributed by atoms with van der Waals surface area (Å²) in [5.41, 5.74) is 1.81. The van der Waals surface area contributed by atoms with E-state index in [9.17, 15) is 13.2 Å². The second-order valence-electron chi connectivity index (χ2n) is 5.13. The standard InChI is InChI=1S/C14H9F3N6/c1-7-9(2-3-13-20-21-22-23(7)13)10-4-8(14(15,16)17)5-12-11(10)6-18-19-12/h2-6H,1H3,(H,18,19). The molecule has 6 nitrogen and oxygen atoms in total. The Labute approximate surface area is 126 Å². The average molecular weight is 318 g/mol.